The Labute approximate surface area is 122 Å². The fourth-order valence-electron chi connectivity index (χ4n) is 1.55. The molecular weight excluding hydrogens is 331 g/mol. The smallest absolute Gasteiger partial charge is 0.186 e. The molecule has 0 aliphatic rings. The first-order valence-corrected chi connectivity index (χ1v) is 7.32. The molecule has 2 N–H and O–H groups in total. The van der Waals surface area contributed by atoms with Gasteiger partial charge in [-0.05, 0) is 24.6 Å². The molecule has 3 nitrogen and oxygen atoms in total. The summed E-state index contributed by atoms with van der Waals surface area (Å²) in [5, 5.41) is 2.44. The lowest BCUT2D eigenvalue weighted by Crippen LogP contribution is -2.08. The van der Waals surface area contributed by atoms with Crippen LogP contribution >= 0.6 is 27.3 Å². The van der Waals surface area contributed by atoms with Crippen molar-refractivity contribution in [2.45, 2.75) is 19.4 Å². The van der Waals surface area contributed by atoms with Gasteiger partial charge in [-0.15, -0.1) is 11.3 Å². The summed E-state index contributed by atoms with van der Waals surface area (Å²) in [4.78, 5) is 16.3. The van der Waals surface area contributed by atoms with Gasteiger partial charge in [-0.3, -0.25) is 4.79 Å². The number of carbonyl (C=O) groups excluding carboxylic acids is 1. The molecule has 0 bridgehead atoms. The van der Waals surface area contributed by atoms with E-state index in [0.717, 1.165) is 10.6 Å². The number of ketones is 1. The van der Waals surface area contributed by atoms with E-state index in [9.17, 15) is 9.18 Å². The van der Waals surface area contributed by atoms with Crippen LogP contribution < -0.4 is 5.73 Å². The van der Waals surface area contributed by atoms with Crippen molar-refractivity contribution in [2.24, 2.45) is 5.73 Å². The highest BCUT2D eigenvalue weighted by Gasteiger charge is 2.14. The Balaban J connectivity index is 2.16. The molecule has 2 aromatic rings. The first-order chi connectivity index (χ1) is 8.97. The summed E-state index contributed by atoms with van der Waals surface area (Å²) in [6.45, 7) is 1.82. The topological polar surface area (TPSA) is 56.0 Å². The number of aromatic nitrogens is 1. The molecular formula is C13H12BrFN2OS. The molecule has 0 saturated heterocycles. The van der Waals surface area contributed by atoms with Crippen molar-refractivity contribution < 1.29 is 9.18 Å². The Bertz CT molecular complexity index is 612. The van der Waals surface area contributed by atoms with E-state index >= 15 is 0 Å². The van der Waals surface area contributed by atoms with Crippen LogP contribution in [0.1, 0.15) is 34.0 Å². The molecule has 1 atom stereocenters. The van der Waals surface area contributed by atoms with Crippen molar-refractivity contribution in [3.05, 3.63) is 50.1 Å². The van der Waals surface area contributed by atoms with E-state index in [2.05, 4.69) is 20.9 Å². The van der Waals surface area contributed by atoms with Gasteiger partial charge in [0.25, 0.3) is 0 Å². The predicted molar refractivity (Wildman–Crippen MR) is 76.9 cm³/mol. The zero-order valence-corrected chi connectivity index (χ0v) is 12.6. The number of nitrogens with zero attached hydrogens (tertiary/aromatic N) is 1. The van der Waals surface area contributed by atoms with Crippen LogP contribution in [0.15, 0.2) is 28.1 Å². The van der Waals surface area contributed by atoms with Gasteiger partial charge in [0.2, 0.25) is 0 Å². The van der Waals surface area contributed by atoms with E-state index in [1.807, 2.05) is 6.92 Å². The second-order valence-electron chi connectivity index (χ2n) is 4.20. The maximum Gasteiger partial charge on any atom is 0.186 e. The monoisotopic (exact) mass is 342 g/mol. The molecule has 0 saturated carbocycles. The fraction of sp³-hybridized carbons (Fsp3) is 0.231. The van der Waals surface area contributed by atoms with Crippen LogP contribution in [0.25, 0.3) is 0 Å². The molecule has 0 radical (unpaired) electrons. The summed E-state index contributed by atoms with van der Waals surface area (Å²) in [6, 6.07) is 4.10. The second-order valence-corrected chi connectivity index (χ2v) is 5.94. The van der Waals surface area contributed by atoms with Crippen molar-refractivity contribution >= 4 is 33.0 Å². The largest absolute Gasteiger partial charge is 0.322 e. The third-order valence-corrected chi connectivity index (χ3v) is 4.35. The molecule has 1 heterocycles. The highest BCUT2D eigenvalue weighted by molar-refractivity contribution is 9.10. The SMILES string of the molecule is CC(N)c1nc(C(=O)Cc2ccc(F)cc2Br)cs1. The third kappa shape index (κ3) is 3.46. The predicted octanol–water partition coefficient (Wildman–Crippen LogP) is 3.49. The normalized spacial score (nSPS) is 12.4. The van der Waals surface area contributed by atoms with Crippen molar-refractivity contribution in [1.82, 2.24) is 4.98 Å². The van der Waals surface area contributed by atoms with Crippen LogP contribution in [-0.2, 0) is 6.42 Å². The maximum atomic E-state index is 13.0. The lowest BCUT2D eigenvalue weighted by Gasteiger charge is -2.02. The van der Waals surface area contributed by atoms with Gasteiger partial charge in [-0.1, -0.05) is 22.0 Å². The minimum Gasteiger partial charge on any atom is -0.322 e. The standard InChI is InChI=1S/C13H12BrFN2OS/c1-7(16)13-17-11(6-19-13)12(18)4-8-2-3-9(15)5-10(8)14/h2-3,5-7H,4,16H2,1H3. The average molecular weight is 343 g/mol. The van der Waals surface area contributed by atoms with Gasteiger partial charge in [-0.2, -0.15) is 0 Å². The van der Waals surface area contributed by atoms with Crippen LogP contribution in [0, 0.1) is 5.82 Å². The fourth-order valence-corrected chi connectivity index (χ4v) is 2.83. The van der Waals surface area contributed by atoms with Crippen LogP contribution in [0.2, 0.25) is 0 Å². The third-order valence-electron chi connectivity index (χ3n) is 2.56. The van der Waals surface area contributed by atoms with Gasteiger partial charge in [0.05, 0.1) is 6.04 Å². The van der Waals surface area contributed by atoms with Crippen LogP contribution in [0.3, 0.4) is 0 Å². The van der Waals surface area contributed by atoms with E-state index in [4.69, 9.17) is 5.73 Å². The number of thiazole rings is 1. The Kier molecular flexibility index (Phi) is 4.44. The van der Waals surface area contributed by atoms with Gasteiger partial charge < -0.3 is 5.73 Å². The molecule has 0 aliphatic carbocycles. The van der Waals surface area contributed by atoms with Crippen molar-refractivity contribution in [1.29, 1.82) is 0 Å². The van der Waals surface area contributed by atoms with Crippen LogP contribution in [-0.4, -0.2) is 10.8 Å². The summed E-state index contributed by atoms with van der Waals surface area (Å²) < 4.78 is 13.5. The van der Waals surface area contributed by atoms with Crippen LogP contribution in [0.4, 0.5) is 4.39 Å². The van der Waals surface area contributed by atoms with Crippen molar-refractivity contribution in [3.8, 4) is 0 Å². The van der Waals surface area contributed by atoms with E-state index in [1.165, 1.54) is 23.5 Å². The number of nitrogens with two attached hydrogens (primary N) is 1. The van der Waals surface area contributed by atoms with Gasteiger partial charge in [0, 0.05) is 16.3 Å². The second kappa shape index (κ2) is 5.90. The average Bonchev–Trinajstić information content (AvgIpc) is 2.82. The molecule has 2 rings (SSSR count). The van der Waals surface area contributed by atoms with Gasteiger partial charge in [-0.25, -0.2) is 9.37 Å². The van der Waals surface area contributed by atoms with Crippen molar-refractivity contribution in [3.63, 3.8) is 0 Å². The van der Waals surface area contributed by atoms with Gasteiger partial charge in [0.15, 0.2) is 5.78 Å². The Morgan fingerprint density at radius 1 is 1.58 bits per heavy atom. The van der Waals surface area contributed by atoms with Crippen molar-refractivity contribution in [2.75, 3.05) is 0 Å². The quantitative estimate of drug-likeness (QED) is 0.865. The van der Waals surface area contributed by atoms with Gasteiger partial charge >= 0.3 is 0 Å². The molecule has 0 spiro atoms. The highest BCUT2D eigenvalue weighted by atomic mass is 79.9. The summed E-state index contributed by atoms with van der Waals surface area (Å²) >= 11 is 4.62. The summed E-state index contributed by atoms with van der Waals surface area (Å²) in [7, 11) is 0. The Morgan fingerprint density at radius 2 is 2.32 bits per heavy atom. The first kappa shape index (κ1) is 14.3. The summed E-state index contributed by atoms with van der Waals surface area (Å²) in [5.41, 5.74) is 6.86. The highest BCUT2D eigenvalue weighted by Crippen LogP contribution is 2.21. The van der Waals surface area contributed by atoms with E-state index in [0.29, 0.717) is 10.2 Å². The molecule has 6 heteroatoms. The molecule has 0 fully saturated rings. The number of halogens is 2. The van der Waals surface area contributed by atoms with Crippen LogP contribution in [0.5, 0.6) is 0 Å². The minimum atomic E-state index is -0.337. The van der Waals surface area contributed by atoms with E-state index in [1.54, 1.807) is 11.4 Å². The molecule has 1 unspecified atom stereocenters. The molecule has 19 heavy (non-hydrogen) atoms. The molecule has 0 amide bonds. The lowest BCUT2D eigenvalue weighted by atomic mass is 10.1. The number of hydrogen-bond donors (Lipinski definition) is 1. The Hall–Kier alpha value is -1.11. The summed E-state index contributed by atoms with van der Waals surface area (Å²) in [6.07, 6.45) is 0.184. The molecule has 100 valence electrons. The van der Waals surface area contributed by atoms with Gasteiger partial charge in [0.1, 0.15) is 16.5 Å². The minimum absolute atomic E-state index is 0.101. The zero-order valence-electron chi connectivity index (χ0n) is 10.2. The van der Waals surface area contributed by atoms with E-state index in [-0.39, 0.29) is 24.1 Å². The maximum absolute atomic E-state index is 13.0. The molecule has 1 aromatic heterocycles. The Morgan fingerprint density at radius 3 is 2.89 bits per heavy atom. The number of carbonyl (C=O) groups is 1. The lowest BCUT2D eigenvalue weighted by molar-refractivity contribution is 0.0988. The number of hydrogen-bond acceptors (Lipinski definition) is 4. The summed E-state index contributed by atoms with van der Waals surface area (Å²) in [5.74, 6) is -0.438. The number of Topliss-reactive ketones (excluding diaryl/α,β-unsaturated/α-hetero) is 1. The van der Waals surface area contributed by atoms with E-state index < -0.39 is 0 Å². The first-order valence-electron chi connectivity index (χ1n) is 5.65. The zero-order chi connectivity index (χ0) is 14.0. The number of benzene rings is 1. The molecule has 1 aromatic carbocycles. The molecule has 0 aliphatic heterocycles. The number of rotatable bonds is 4.